The van der Waals surface area contributed by atoms with E-state index in [9.17, 15) is 9.59 Å². The molecule has 1 aliphatic heterocycles. The Hall–Kier alpha value is -3.80. The quantitative estimate of drug-likeness (QED) is 0.381. The molecule has 0 amide bonds. The first kappa shape index (κ1) is 23.4. The third kappa shape index (κ3) is 4.00. The highest BCUT2D eigenvalue weighted by molar-refractivity contribution is 6.11. The third-order valence-corrected chi connectivity index (χ3v) is 6.03. The normalized spacial score (nSPS) is 17.4. The zero-order valence-electron chi connectivity index (χ0n) is 19.6. The smallest absolute Gasteiger partial charge is 0.219 e. The molecule has 0 aromatic heterocycles. The number of methoxy groups -OCH3 is 1. The van der Waals surface area contributed by atoms with Crippen LogP contribution in [0, 0.1) is 0 Å². The molecule has 0 radical (unpaired) electrons. The van der Waals surface area contributed by atoms with Crippen LogP contribution >= 0.6 is 0 Å². The first-order valence-electron chi connectivity index (χ1n) is 11.4. The molecule has 3 aromatic rings. The van der Waals surface area contributed by atoms with Crippen molar-refractivity contribution in [2.45, 2.75) is 31.8 Å². The maximum Gasteiger partial charge on any atom is 0.219 e. The summed E-state index contributed by atoms with van der Waals surface area (Å²) in [7, 11) is 1.58. The van der Waals surface area contributed by atoms with Crippen molar-refractivity contribution in [3.8, 4) is 23.0 Å². The second kappa shape index (κ2) is 10.00. The minimum absolute atomic E-state index is 0.0953. The van der Waals surface area contributed by atoms with E-state index in [1.807, 2.05) is 56.3 Å². The summed E-state index contributed by atoms with van der Waals surface area (Å²) in [6.07, 6.45) is 0.926. The summed E-state index contributed by atoms with van der Waals surface area (Å²) in [6, 6.07) is 20.1. The van der Waals surface area contributed by atoms with Crippen LogP contribution in [-0.4, -0.2) is 32.4 Å². The van der Waals surface area contributed by atoms with Crippen LogP contribution < -0.4 is 18.9 Å². The zero-order chi connectivity index (χ0) is 24.1. The van der Waals surface area contributed by atoms with Gasteiger partial charge in [0.2, 0.25) is 11.4 Å². The Balaban J connectivity index is 1.96. The van der Waals surface area contributed by atoms with Crippen molar-refractivity contribution in [2.75, 3.05) is 20.3 Å². The van der Waals surface area contributed by atoms with Crippen LogP contribution in [-0.2, 0) is 10.4 Å². The summed E-state index contributed by atoms with van der Waals surface area (Å²) in [5, 5.41) is 0. The van der Waals surface area contributed by atoms with Gasteiger partial charge in [-0.15, -0.1) is 0 Å². The number of Topliss-reactive ketones (excluding diaryl/α,β-unsaturated/α-hetero) is 1. The number of hydrogen-bond acceptors (Lipinski definition) is 6. The zero-order valence-corrected chi connectivity index (χ0v) is 19.6. The predicted molar refractivity (Wildman–Crippen MR) is 128 cm³/mol. The van der Waals surface area contributed by atoms with Crippen LogP contribution in [0.1, 0.15) is 47.7 Å². The molecule has 0 aliphatic carbocycles. The highest BCUT2D eigenvalue weighted by Crippen LogP contribution is 2.54. The van der Waals surface area contributed by atoms with Crippen LogP contribution in [0.5, 0.6) is 23.0 Å². The fourth-order valence-electron chi connectivity index (χ4n) is 4.57. The molecule has 0 spiro atoms. The monoisotopic (exact) mass is 460 g/mol. The largest absolute Gasteiger partial charge is 0.497 e. The molecule has 6 nitrogen and oxygen atoms in total. The summed E-state index contributed by atoms with van der Waals surface area (Å²) in [6.45, 7) is 4.58. The van der Waals surface area contributed by atoms with Gasteiger partial charge in [0, 0.05) is 30.0 Å². The number of fused-ring (bicyclic) bond motifs is 1. The molecule has 0 fully saturated rings. The highest BCUT2D eigenvalue weighted by Gasteiger charge is 2.56. The maximum atomic E-state index is 14.3. The molecule has 0 saturated carbocycles. The van der Waals surface area contributed by atoms with Crippen molar-refractivity contribution >= 4 is 12.1 Å². The van der Waals surface area contributed by atoms with Crippen molar-refractivity contribution in [2.24, 2.45) is 0 Å². The van der Waals surface area contributed by atoms with Gasteiger partial charge in [0.25, 0.3) is 0 Å². The van der Waals surface area contributed by atoms with E-state index in [0.717, 1.165) is 11.8 Å². The van der Waals surface area contributed by atoms with Gasteiger partial charge in [0.1, 0.15) is 34.8 Å². The van der Waals surface area contributed by atoms with E-state index in [2.05, 4.69) is 0 Å². The van der Waals surface area contributed by atoms with E-state index in [-0.39, 0.29) is 12.2 Å². The number of benzene rings is 3. The number of aldehydes is 1. The standard InChI is InChI=1S/C28H28O6/c1-4-32-22-17-24(33-5-2)26-25(18-22)34-28(27(26)30,20-11-13-21(31-3)14-12-20)23(15-16-29)19-9-7-6-8-10-19/h6-14,16-18,23H,4-5,15H2,1-3H3/t23?,28-/m0/s1. The average Bonchev–Trinajstić information content (AvgIpc) is 3.16. The van der Waals surface area contributed by atoms with Crippen molar-refractivity contribution in [1.82, 2.24) is 0 Å². The van der Waals surface area contributed by atoms with Crippen molar-refractivity contribution in [3.05, 3.63) is 83.4 Å². The Morgan fingerprint density at radius 1 is 0.941 bits per heavy atom. The lowest BCUT2D eigenvalue weighted by atomic mass is 9.72. The molecule has 0 N–H and O–H groups in total. The van der Waals surface area contributed by atoms with Gasteiger partial charge in [-0.2, -0.15) is 0 Å². The minimum atomic E-state index is -1.46. The van der Waals surface area contributed by atoms with E-state index in [4.69, 9.17) is 18.9 Å². The molecular weight excluding hydrogens is 432 g/mol. The number of rotatable bonds is 10. The lowest BCUT2D eigenvalue weighted by Crippen LogP contribution is -2.43. The van der Waals surface area contributed by atoms with Crippen LogP contribution in [0.4, 0.5) is 0 Å². The van der Waals surface area contributed by atoms with Gasteiger partial charge in [-0.05, 0) is 31.5 Å². The van der Waals surface area contributed by atoms with Crippen LogP contribution in [0.2, 0.25) is 0 Å². The fourth-order valence-corrected chi connectivity index (χ4v) is 4.57. The molecule has 4 rings (SSSR count). The predicted octanol–water partition coefficient (Wildman–Crippen LogP) is 5.34. The molecule has 176 valence electrons. The molecule has 3 aromatic carbocycles. The molecule has 1 unspecified atom stereocenters. The molecule has 34 heavy (non-hydrogen) atoms. The van der Waals surface area contributed by atoms with E-state index < -0.39 is 11.5 Å². The molecule has 0 saturated heterocycles. The Kier molecular flexibility index (Phi) is 6.87. The first-order chi connectivity index (χ1) is 16.6. The molecule has 2 atom stereocenters. The number of hydrogen-bond donors (Lipinski definition) is 0. The minimum Gasteiger partial charge on any atom is -0.497 e. The van der Waals surface area contributed by atoms with Crippen LogP contribution in [0.3, 0.4) is 0 Å². The lowest BCUT2D eigenvalue weighted by Gasteiger charge is -2.35. The third-order valence-electron chi connectivity index (χ3n) is 6.03. The molecule has 6 heteroatoms. The lowest BCUT2D eigenvalue weighted by molar-refractivity contribution is -0.109. The van der Waals surface area contributed by atoms with Crippen molar-refractivity contribution in [3.63, 3.8) is 0 Å². The van der Waals surface area contributed by atoms with Crippen LogP contribution in [0.15, 0.2) is 66.7 Å². The van der Waals surface area contributed by atoms with Gasteiger partial charge in [-0.3, -0.25) is 4.79 Å². The highest BCUT2D eigenvalue weighted by atomic mass is 16.5. The number of ether oxygens (including phenoxy) is 4. The van der Waals surface area contributed by atoms with Crippen molar-refractivity contribution < 1.29 is 28.5 Å². The number of carbonyl (C=O) groups excluding carboxylic acids is 2. The van der Waals surface area contributed by atoms with Gasteiger partial charge in [-0.1, -0.05) is 42.5 Å². The number of ketones is 1. The van der Waals surface area contributed by atoms with Gasteiger partial charge >= 0.3 is 0 Å². The second-order valence-corrected chi connectivity index (χ2v) is 7.92. The maximum absolute atomic E-state index is 14.3. The van der Waals surface area contributed by atoms with E-state index in [1.54, 1.807) is 31.4 Å². The van der Waals surface area contributed by atoms with E-state index in [1.165, 1.54) is 0 Å². The first-order valence-corrected chi connectivity index (χ1v) is 11.4. The Morgan fingerprint density at radius 2 is 1.65 bits per heavy atom. The van der Waals surface area contributed by atoms with E-state index >= 15 is 0 Å². The summed E-state index contributed by atoms with van der Waals surface area (Å²) in [5.41, 5.74) is 0.348. The van der Waals surface area contributed by atoms with Crippen molar-refractivity contribution in [1.29, 1.82) is 0 Å². The Morgan fingerprint density at radius 3 is 2.26 bits per heavy atom. The van der Waals surface area contributed by atoms with Gasteiger partial charge < -0.3 is 23.7 Å². The molecule has 1 aliphatic rings. The fraction of sp³-hybridized carbons (Fsp3) is 0.286. The Bertz CT molecular complexity index is 1160. The topological polar surface area (TPSA) is 71.1 Å². The van der Waals surface area contributed by atoms with Crippen LogP contribution in [0.25, 0.3) is 0 Å². The SMILES string of the molecule is CCOc1cc(OCC)c2c(c1)O[C@@](c1ccc(OC)cc1)(C(CC=O)c1ccccc1)C2=O. The summed E-state index contributed by atoms with van der Waals surface area (Å²) >= 11 is 0. The average molecular weight is 461 g/mol. The molecule has 1 heterocycles. The second-order valence-electron chi connectivity index (χ2n) is 7.92. The summed E-state index contributed by atoms with van der Waals surface area (Å²) in [5.74, 6) is 1.17. The molecular formula is C28H28O6. The summed E-state index contributed by atoms with van der Waals surface area (Å²) < 4.78 is 23.5. The van der Waals surface area contributed by atoms with E-state index in [0.29, 0.717) is 47.3 Å². The Labute approximate surface area is 199 Å². The molecule has 0 bridgehead atoms. The van der Waals surface area contributed by atoms with Gasteiger partial charge in [-0.25, -0.2) is 0 Å². The summed E-state index contributed by atoms with van der Waals surface area (Å²) in [4.78, 5) is 26.2. The number of carbonyl (C=O) groups is 2. The van der Waals surface area contributed by atoms with Gasteiger partial charge in [0.05, 0.1) is 20.3 Å². The van der Waals surface area contributed by atoms with Gasteiger partial charge in [0.15, 0.2) is 0 Å².